The molecule has 3 N–H and O–H groups in total. The van der Waals surface area contributed by atoms with Gasteiger partial charge in [0.2, 0.25) is 5.91 Å². The maximum Gasteiger partial charge on any atom is 0.224 e. The highest BCUT2D eigenvalue weighted by Crippen LogP contribution is 2.30. The molecule has 0 bridgehead atoms. The molecule has 0 heterocycles. The van der Waals surface area contributed by atoms with E-state index in [1.165, 1.54) is 0 Å². The van der Waals surface area contributed by atoms with Crippen LogP contribution in [0.2, 0.25) is 0 Å². The smallest absolute Gasteiger partial charge is 0.224 e. The molecule has 5 nitrogen and oxygen atoms in total. The summed E-state index contributed by atoms with van der Waals surface area (Å²) in [5, 5.41) is 2.87. The summed E-state index contributed by atoms with van der Waals surface area (Å²) in [6.07, 6.45) is 2.11. The Morgan fingerprint density at radius 1 is 1.24 bits per heavy atom. The minimum absolute atomic E-state index is 0.0118. The third-order valence-corrected chi connectivity index (χ3v) is 2.89. The molecule has 0 fully saturated rings. The topological polar surface area (TPSA) is 73.6 Å². The molecule has 0 radical (unpaired) electrons. The summed E-state index contributed by atoms with van der Waals surface area (Å²) in [6, 6.07) is 5.55. The molecular formula is C16H26N2O3. The zero-order valence-electron chi connectivity index (χ0n) is 13.1. The molecule has 0 spiro atoms. The van der Waals surface area contributed by atoms with Crippen LogP contribution in [0.15, 0.2) is 18.2 Å². The van der Waals surface area contributed by atoms with E-state index in [2.05, 4.69) is 5.32 Å². The summed E-state index contributed by atoms with van der Waals surface area (Å²) in [5.41, 5.74) is 6.38. The summed E-state index contributed by atoms with van der Waals surface area (Å²) >= 11 is 0. The van der Waals surface area contributed by atoms with Gasteiger partial charge in [0.15, 0.2) is 11.5 Å². The van der Waals surface area contributed by atoms with Crippen molar-refractivity contribution >= 4 is 11.6 Å². The molecule has 1 rings (SSSR count). The summed E-state index contributed by atoms with van der Waals surface area (Å²) in [6.45, 7) is 6.90. The van der Waals surface area contributed by atoms with Gasteiger partial charge < -0.3 is 20.5 Å². The third-order valence-electron chi connectivity index (χ3n) is 2.89. The van der Waals surface area contributed by atoms with Crippen LogP contribution in [-0.4, -0.2) is 25.2 Å². The predicted octanol–water partition coefficient (Wildman–Crippen LogP) is 2.94. The highest BCUT2D eigenvalue weighted by atomic mass is 16.5. The zero-order valence-corrected chi connectivity index (χ0v) is 13.1. The Labute approximate surface area is 126 Å². The number of carbonyl (C=O) groups is 1. The first-order chi connectivity index (χ1) is 10.1. The van der Waals surface area contributed by atoms with Gasteiger partial charge in [0.1, 0.15) is 0 Å². The maximum absolute atomic E-state index is 11.8. The standard InChI is InChI=1S/C16H26N2O3/c1-4-20-14-10-9-13(11-15(14)21-5-2)18-16(19)8-6-7-12(3)17/h9-12H,4-8,17H2,1-3H3,(H,18,19). The van der Waals surface area contributed by atoms with Crippen molar-refractivity contribution in [1.29, 1.82) is 0 Å². The Bertz CT molecular complexity index is 447. The van der Waals surface area contributed by atoms with Gasteiger partial charge in [-0.1, -0.05) is 0 Å². The second-order valence-electron chi connectivity index (χ2n) is 4.95. The molecule has 0 aliphatic rings. The molecule has 1 amide bonds. The van der Waals surface area contributed by atoms with E-state index in [0.717, 1.165) is 12.8 Å². The van der Waals surface area contributed by atoms with E-state index >= 15 is 0 Å². The Morgan fingerprint density at radius 2 is 1.90 bits per heavy atom. The molecule has 1 atom stereocenters. The second kappa shape index (κ2) is 9.23. The van der Waals surface area contributed by atoms with Crippen molar-refractivity contribution in [2.75, 3.05) is 18.5 Å². The van der Waals surface area contributed by atoms with E-state index in [4.69, 9.17) is 15.2 Å². The van der Waals surface area contributed by atoms with Crippen LogP contribution >= 0.6 is 0 Å². The van der Waals surface area contributed by atoms with E-state index < -0.39 is 0 Å². The third kappa shape index (κ3) is 6.49. The molecular weight excluding hydrogens is 268 g/mol. The summed E-state index contributed by atoms with van der Waals surface area (Å²) in [5.74, 6) is 1.32. The lowest BCUT2D eigenvalue weighted by atomic mass is 10.1. The van der Waals surface area contributed by atoms with Crippen LogP contribution in [0.3, 0.4) is 0 Å². The molecule has 0 aromatic heterocycles. The van der Waals surface area contributed by atoms with Crippen LogP contribution in [0.25, 0.3) is 0 Å². The van der Waals surface area contributed by atoms with Gasteiger partial charge in [0, 0.05) is 24.2 Å². The Hall–Kier alpha value is -1.75. The van der Waals surface area contributed by atoms with E-state index in [-0.39, 0.29) is 11.9 Å². The maximum atomic E-state index is 11.8. The van der Waals surface area contributed by atoms with Crippen LogP contribution in [0, 0.1) is 0 Å². The first-order valence-corrected chi connectivity index (χ1v) is 7.51. The van der Waals surface area contributed by atoms with Gasteiger partial charge in [-0.25, -0.2) is 0 Å². The number of amides is 1. The minimum atomic E-state index is -0.0118. The first-order valence-electron chi connectivity index (χ1n) is 7.51. The number of nitrogens with one attached hydrogen (secondary N) is 1. The van der Waals surface area contributed by atoms with Crippen LogP contribution < -0.4 is 20.5 Å². The molecule has 0 aliphatic heterocycles. The number of carbonyl (C=O) groups excluding carboxylic acids is 1. The normalized spacial score (nSPS) is 11.8. The van der Waals surface area contributed by atoms with Crippen LogP contribution in [0.5, 0.6) is 11.5 Å². The van der Waals surface area contributed by atoms with Crippen molar-refractivity contribution in [3.05, 3.63) is 18.2 Å². The Balaban J connectivity index is 2.62. The zero-order chi connectivity index (χ0) is 15.7. The van der Waals surface area contributed by atoms with E-state index in [1.807, 2.05) is 32.9 Å². The lowest BCUT2D eigenvalue weighted by Crippen LogP contribution is -2.16. The van der Waals surface area contributed by atoms with Crippen molar-refractivity contribution in [2.24, 2.45) is 5.73 Å². The highest BCUT2D eigenvalue weighted by molar-refractivity contribution is 5.91. The van der Waals surface area contributed by atoms with Crippen LogP contribution in [0.1, 0.15) is 40.0 Å². The summed E-state index contributed by atoms with van der Waals surface area (Å²) in [7, 11) is 0. The van der Waals surface area contributed by atoms with Crippen LogP contribution in [-0.2, 0) is 4.79 Å². The van der Waals surface area contributed by atoms with Crippen molar-refractivity contribution in [3.63, 3.8) is 0 Å². The first kappa shape index (κ1) is 17.3. The van der Waals surface area contributed by atoms with Gasteiger partial charge in [-0.15, -0.1) is 0 Å². The molecule has 0 saturated carbocycles. The summed E-state index contributed by atoms with van der Waals surface area (Å²) < 4.78 is 11.0. The lowest BCUT2D eigenvalue weighted by molar-refractivity contribution is -0.116. The molecule has 1 aromatic carbocycles. The van der Waals surface area contributed by atoms with E-state index in [9.17, 15) is 4.79 Å². The molecule has 5 heteroatoms. The van der Waals surface area contributed by atoms with Crippen molar-refractivity contribution in [3.8, 4) is 11.5 Å². The molecule has 1 aromatic rings. The number of ether oxygens (including phenoxy) is 2. The van der Waals surface area contributed by atoms with Gasteiger partial charge >= 0.3 is 0 Å². The molecule has 21 heavy (non-hydrogen) atoms. The summed E-state index contributed by atoms with van der Waals surface area (Å²) in [4.78, 5) is 11.8. The van der Waals surface area contributed by atoms with E-state index in [0.29, 0.717) is 36.8 Å². The Kier molecular flexibility index (Phi) is 7.61. The fraction of sp³-hybridized carbons (Fsp3) is 0.562. The average Bonchev–Trinajstić information content (AvgIpc) is 2.41. The van der Waals surface area contributed by atoms with E-state index in [1.54, 1.807) is 6.07 Å². The number of hydrogen-bond donors (Lipinski definition) is 2. The predicted molar refractivity (Wildman–Crippen MR) is 84.9 cm³/mol. The second-order valence-corrected chi connectivity index (χ2v) is 4.95. The van der Waals surface area contributed by atoms with Gasteiger partial charge in [0.25, 0.3) is 0 Å². The van der Waals surface area contributed by atoms with Crippen molar-refractivity contribution in [1.82, 2.24) is 0 Å². The molecule has 1 unspecified atom stereocenters. The molecule has 0 aliphatic carbocycles. The monoisotopic (exact) mass is 294 g/mol. The van der Waals surface area contributed by atoms with Gasteiger partial charge in [-0.05, 0) is 45.7 Å². The number of anilines is 1. The fourth-order valence-corrected chi connectivity index (χ4v) is 1.94. The number of benzene rings is 1. The number of hydrogen-bond acceptors (Lipinski definition) is 4. The fourth-order valence-electron chi connectivity index (χ4n) is 1.94. The van der Waals surface area contributed by atoms with Gasteiger partial charge in [0.05, 0.1) is 13.2 Å². The highest BCUT2D eigenvalue weighted by Gasteiger charge is 2.08. The number of rotatable bonds is 9. The van der Waals surface area contributed by atoms with Crippen LogP contribution in [0.4, 0.5) is 5.69 Å². The average molecular weight is 294 g/mol. The lowest BCUT2D eigenvalue weighted by Gasteiger charge is -2.13. The minimum Gasteiger partial charge on any atom is -0.490 e. The van der Waals surface area contributed by atoms with Gasteiger partial charge in [-0.2, -0.15) is 0 Å². The number of nitrogens with two attached hydrogens (primary N) is 1. The van der Waals surface area contributed by atoms with Gasteiger partial charge in [-0.3, -0.25) is 4.79 Å². The van der Waals surface area contributed by atoms with Crippen molar-refractivity contribution in [2.45, 2.75) is 46.1 Å². The Morgan fingerprint density at radius 3 is 2.52 bits per heavy atom. The molecule has 0 saturated heterocycles. The quantitative estimate of drug-likeness (QED) is 0.734. The van der Waals surface area contributed by atoms with Crippen molar-refractivity contribution < 1.29 is 14.3 Å². The molecule has 118 valence electrons. The SMILES string of the molecule is CCOc1ccc(NC(=O)CCCC(C)N)cc1OCC. The largest absolute Gasteiger partial charge is 0.490 e.